The summed E-state index contributed by atoms with van der Waals surface area (Å²) in [5.41, 5.74) is 1.20. The number of nitrogens with zero attached hydrogens (tertiary/aromatic N) is 3. The third-order valence-corrected chi connectivity index (χ3v) is 2.93. The van der Waals surface area contributed by atoms with Crippen molar-refractivity contribution < 1.29 is 0 Å². The van der Waals surface area contributed by atoms with Gasteiger partial charge in [-0.05, 0) is 25.8 Å². The maximum atomic E-state index is 4.21. The SMILES string of the molecule is Cl.Cl.c1c(C2CC2)nnn1C1CCNC1. The van der Waals surface area contributed by atoms with E-state index in [0.717, 1.165) is 19.0 Å². The van der Waals surface area contributed by atoms with Crippen molar-refractivity contribution in [3.05, 3.63) is 11.9 Å². The van der Waals surface area contributed by atoms with Gasteiger partial charge in [0, 0.05) is 18.7 Å². The Morgan fingerprint density at radius 1 is 1.27 bits per heavy atom. The number of nitrogens with one attached hydrogen (secondary N) is 1. The Hall–Kier alpha value is -0.320. The molecule has 1 atom stereocenters. The molecule has 2 aliphatic rings. The van der Waals surface area contributed by atoms with E-state index in [1.807, 2.05) is 4.68 Å². The van der Waals surface area contributed by atoms with Crippen molar-refractivity contribution in [2.45, 2.75) is 31.2 Å². The lowest BCUT2D eigenvalue weighted by Gasteiger charge is -2.05. The monoisotopic (exact) mass is 250 g/mol. The van der Waals surface area contributed by atoms with Crippen LogP contribution in [0.1, 0.15) is 36.9 Å². The molecule has 1 saturated carbocycles. The van der Waals surface area contributed by atoms with Gasteiger partial charge in [0.1, 0.15) is 0 Å². The van der Waals surface area contributed by atoms with Crippen LogP contribution >= 0.6 is 24.8 Å². The van der Waals surface area contributed by atoms with E-state index in [0.29, 0.717) is 6.04 Å². The Morgan fingerprint density at radius 3 is 2.67 bits per heavy atom. The molecule has 0 spiro atoms. The van der Waals surface area contributed by atoms with Crippen molar-refractivity contribution in [2.24, 2.45) is 0 Å². The molecule has 1 aromatic heterocycles. The average molecular weight is 251 g/mol. The molecule has 86 valence electrons. The van der Waals surface area contributed by atoms with Crippen molar-refractivity contribution in [3.8, 4) is 0 Å². The third-order valence-electron chi connectivity index (χ3n) is 2.93. The second kappa shape index (κ2) is 5.14. The molecular formula is C9H16Cl2N4. The summed E-state index contributed by atoms with van der Waals surface area (Å²) in [6, 6.07) is 0.542. The van der Waals surface area contributed by atoms with E-state index in [2.05, 4.69) is 21.8 Å². The van der Waals surface area contributed by atoms with Crippen LogP contribution in [0.3, 0.4) is 0 Å². The Bertz CT molecular complexity index is 305. The van der Waals surface area contributed by atoms with Gasteiger partial charge < -0.3 is 5.32 Å². The lowest BCUT2D eigenvalue weighted by molar-refractivity contribution is 0.476. The zero-order chi connectivity index (χ0) is 8.67. The predicted molar refractivity (Wildman–Crippen MR) is 63.0 cm³/mol. The molecular weight excluding hydrogens is 235 g/mol. The fraction of sp³-hybridized carbons (Fsp3) is 0.778. The van der Waals surface area contributed by atoms with E-state index in [9.17, 15) is 0 Å². The van der Waals surface area contributed by atoms with E-state index < -0.39 is 0 Å². The second-order valence-corrected chi connectivity index (χ2v) is 4.04. The molecule has 6 heteroatoms. The van der Waals surface area contributed by atoms with Gasteiger partial charge in [-0.2, -0.15) is 0 Å². The summed E-state index contributed by atoms with van der Waals surface area (Å²) in [6.45, 7) is 2.16. The first kappa shape index (κ1) is 12.7. The van der Waals surface area contributed by atoms with Crippen molar-refractivity contribution >= 4 is 24.8 Å². The number of aromatic nitrogens is 3. The molecule has 0 amide bonds. The van der Waals surface area contributed by atoms with Crippen LogP contribution in [0.5, 0.6) is 0 Å². The van der Waals surface area contributed by atoms with Gasteiger partial charge in [-0.15, -0.1) is 29.9 Å². The molecule has 1 aliphatic carbocycles. The van der Waals surface area contributed by atoms with Crippen LogP contribution in [-0.4, -0.2) is 28.1 Å². The highest BCUT2D eigenvalue weighted by molar-refractivity contribution is 5.85. The summed E-state index contributed by atoms with van der Waals surface area (Å²) >= 11 is 0. The minimum absolute atomic E-state index is 0. The Labute approximate surface area is 102 Å². The van der Waals surface area contributed by atoms with Crippen LogP contribution in [0, 0.1) is 0 Å². The summed E-state index contributed by atoms with van der Waals surface area (Å²) in [6.07, 6.45) is 5.94. The lowest BCUT2D eigenvalue weighted by atomic mass is 10.2. The standard InChI is InChI=1S/C9H14N4.2ClH/c1-2-7(1)9-6-13(12-11-9)8-3-4-10-5-8;;/h6-8,10H,1-5H2;2*1H. The summed E-state index contributed by atoms with van der Waals surface area (Å²) < 4.78 is 2.04. The molecule has 4 nitrogen and oxygen atoms in total. The number of hydrogen-bond acceptors (Lipinski definition) is 3. The van der Waals surface area contributed by atoms with Gasteiger partial charge in [0.25, 0.3) is 0 Å². The molecule has 1 aromatic rings. The van der Waals surface area contributed by atoms with E-state index in [1.54, 1.807) is 0 Å². The zero-order valence-corrected chi connectivity index (χ0v) is 10.1. The number of rotatable bonds is 2. The maximum Gasteiger partial charge on any atom is 0.0858 e. The summed E-state index contributed by atoms with van der Waals surface area (Å²) in [5, 5.41) is 11.7. The first-order chi connectivity index (χ1) is 6.43. The molecule has 2 heterocycles. The third kappa shape index (κ3) is 2.62. The molecule has 1 N–H and O–H groups in total. The molecule has 0 radical (unpaired) electrons. The fourth-order valence-corrected chi connectivity index (χ4v) is 1.90. The van der Waals surface area contributed by atoms with E-state index >= 15 is 0 Å². The quantitative estimate of drug-likeness (QED) is 0.866. The molecule has 0 bridgehead atoms. The second-order valence-electron chi connectivity index (χ2n) is 4.04. The van der Waals surface area contributed by atoms with Crippen molar-refractivity contribution in [1.82, 2.24) is 20.3 Å². The van der Waals surface area contributed by atoms with E-state index in [-0.39, 0.29) is 24.8 Å². The Kier molecular flexibility index (Phi) is 4.37. The van der Waals surface area contributed by atoms with Gasteiger partial charge in [0.15, 0.2) is 0 Å². The van der Waals surface area contributed by atoms with E-state index in [1.165, 1.54) is 25.0 Å². The Balaban J connectivity index is 0.000000562. The van der Waals surface area contributed by atoms with Crippen molar-refractivity contribution in [3.63, 3.8) is 0 Å². The highest BCUT2D eigenvalue weighted by Gasteiger charge is 2.27. The number of halogens is 2. The van der Waals surface area contributed by atoms with Gasteiger partial charge in [-0.3, -0.25) is 0 Å². The average Bonchev–Trinajstić information content (AvgIpc) is 2.72. The molecule has 0 aromatic carbocycles. The highest BCUT2D eigenvalue weighted by atomic mass is 35.5. The van der Waals surface area contributed by atoms with Crippen molar-refractivity contribution in [1.29, 1.82) is 0 Å². The minimum atomic E-state index is 0. The summed E-state index contributed by atoms with van der Waals surface area (Å²) in [4.78, 5) is 0. The first-order valence-electron chi connectivity index (χ1n) is 5.06. The fourth-order valence-electron chi connectivity index (χ4n) is 1.90. The predicted octanol–water partition coefficient (Wildman–Crippen LogP) is 1.53. The molecule has 3 rings (SSSR count). The van der Waals surface area contributed by atoms with Crippen LogP contribution in [0.15, 0.2) is 6.20 Å². The van der Waals surface area contributed by atoms with E-state index in [4.69, 9.17) is 0 Å². The number of hydrogen-bond donors (Lipinski definition) is 1. The van der Waals surface area contributed by atoms with Crippen molar-refractivity contribution in [2.75, 3.05) is 13.1 Å². The van der Waals surface area contributed by atoms with Gasteiger partial charge in [0.2, 0.25) is 0 Å². The van der Waals surface area contributed by atoms with Gasteiger partial charge in [-0.25, -0.2) is 4.68 Å². The molecule has 1 unspecified atom stereocenters. The summed E-state index contributed by atoms with van der Waals surface area (Å²) in [7, 11) is 0. The normalized spacial score (nSPS) is 24.4. The first-order valence-corrected chi connectivity index (χ1v) is 5.06. The van der Waals surface area contributed by atoms with Gasteiger partial charge in [0.05, 0.1) is 11.7 Å². The maximum absolute atomic E-state index is 4.21. The molecule has 15 heavy (non-hydrogen) atoms. The van der Waals surface area contributed by atoms with Gasteiger partial charge in [-0.1, -0.05) is 5.21 Å². The van der Waals surface area contributed by atoms with Crippen LogP contribution in [0.4, 0.5) is 0 Å². The zero-order valence-electron chi connectivity index (χ0n) is 8.43. The van der Waals surface area contributed by atoms with Crippen LogP contribution in [0.2, 0.25) is 0 Å². The van der Waals surface area contributed by atoms with Crippen LogP contribution in [-0.2, 0) is 0 Å². The molecule has 2 fully saturated rings. The highest BCUT2D eigenvalue weighted by Crippen LogP contribution is 2.38. The summed E-state index contributed by atoms with van der Waals surface area (Å²) in [5.74, 6) is 0.725. The largest absolute Gasteiger partial charge is 0.315 e. The lowest BCUT2D eigenvalue weighted by Crippen LogP contribution is -2.13. The topological polar surface area (TPSA) is 42.7 Å². The van der Waals surface area contributed by atoms with Gasteiger partial charge >= 0.3 is 0 Å². The van der Waals surface area contributed by atoms with Crippen LogP contribution < -0.4 is 5.32 Å². The Morgan fingerprint density at radius 2 is 2.07 bits per heavy atom. The minimum Gasteiger partial charge on any atom is -0.315 e. The molecule has 1 saturated heterocycles. The van der Waals surface area contributed by atoms with Crippen LogP contribution in [0.25, 0.3) is 0 Å². The smallest absolute Gasteiger partial charge is 0.0858 e. The molecule has 1 aliphatic heterocycles.